The number of benzene rings is 1. The molecular weight excluding hydrogens is 254 g/mol. The highest BCUT2D eigenvalue weighted by atomic mass is 16.5. The van der Waals surface area contributed by atoms with Gasteiger partial charge in [-0.15, -0.1) is 0 Å². The number of anilines is 1. The minimum absolute atomic E-state index is 0.00974. The second-order valence-electron chi connectivity index (χ2n) is 5.13. The molecule has 3 N–H and O–H groups in total. The first-order valence-corrected chi connectivity index (χ1v) is 7.11. The molecule has 2 rings (SSSR count). The average Bonchev–Trinajstić information content (AvgIpc) is 2.48. The molecule has 1 aromatic rings. The van der Waals surface area contributed by atoms with Crippen LogP contribution in [0.1, 0.15) is 19.3 Å². The van der Waals surface area contributed by atoms with Crippen molar-refractivity contribution in [2.45, 2.75) is 25.3 Å². The Morgan fingerprint density at radius 2 is 2.15 bits per heavy atom. The third-order valence-corrected chi connectivity index (χ3v) is 3.74. The van der Waals surface area contributed by atoms with Crippen LogP contribution in [0.15, 0.2) is 24.3 Å². The van der Waals surface area contributed by atoms with Gasteiger partial charge in [0.2, 0.25) is 5.91 Å². The quantitative estimate of drug-likeness (QED) is 0.855. The SMILES string of the molecule is COc1ccc(NC(=O)CN2CCCCC2CN)cc1. The predicted octanol–water partition coefficient (Wildman–Crippen LogP) is 1.45. The lowest BCUT2D eigenvalue weighted by atomic mass is 10.0. The van der Waals surface area contributed by atoms with E-state index in [0.717, 1.165) is 30.8 Å². The Labute approximate surface area is 120 Å². The highest BCUT2D eigenvalue weighted by molar-refractivity contribution is 5.92. The molecule has 1 atom stereocenters. The smallest absolute Gasteiger partial charge is 0.238 e. The maximum Gasteiger partial charge on any atom is 0.238 e. The summed E-state index contributed by atoms with van der Waals surface area (Å²) in [6.07, 6.45) is 3.44. The summed E-state index contributed by atoms with van der Waals surface area (Å²) in [5.74, 6) is 0.790. The van der Waals surface area contributed by atoms with Crippen LogP contribution in [0, 0.1) is 0 Å². The van der Waals surface area contributed by atoms with Crippen molar-refractivity contribution < 1.29 is 9.53 Å². The predicted molar refractivity (Wildman–Crippen MR) is 79.9 cm³/mol. The van der Waals surface area contributed by atoms with Crippen molar-refractivity contribution in [1.82, 2.24) is 4.90 Å². The monoisotopic (exact) mass is 277 g/mol. The second-order valence-corrected chi connectivity index (χ2v) is 5.13. The van der Waals surface area contributed by atoms with Gasteiger partial charge in [-0.1, -0.05) is 6.42 Å². The first-order chi connectivity index (χ1) is 9.72. The molecular formula is C15H23N3O2. The number of piperidine rings is 1. The average molecular weight is 277 g/mol. The van der Waals surface area contributed by atoms with E-state index in [-0.39, 0.29) is 5.91 Å². The zero-order chi connectivity index (χ0) is 14.4. The molecule has 5 nitrogen and oxygen atoms in total. The number of carbonyl (C=O) groups excluding carboxylic acids is 1. The normalized spacial score (nSPS) is 19.6. The van der Waals surface area contributed by atoms with E-state index < -0.39 is 0 Å². The van der Waals surface area contributed by atoms with E-state index in [9.17, 15) is 4.79 Å². The summed E-state index contributed by atoms with van der Waals surface area (Å²) in [6.45, 7) is 1.99. The van der Waals surface area contributed by atoms with Gasteiger partial charge in [-0.3, -0.25) is 9.69 Å². The number of amides is 1. The van der Waals surface area contributed by atoms with Crippen molar-refractivity contribution in [2.24, 2.45) is 5.73 Å². The van der Waals surface area contributed by atoms with Crippen molar-refractivity contribution in [2.75, 3.05) is 32.1 Å². The molecule has 20 heavy (non-hydrogen) atoms. The fourth-order valence-corrected chi connectivity index (χ4v) is 2.59. The summed E-state index contributed by atoms with van der Waals surface area (Å²) in [7, 11) is 1.62. The minimum Gasteiger partial charge on any atom is -0.497 e. The topological polar surface area (TPSA) is 67.6 Å². The number of rotatable bonds is 5. The molecule has 1 aliphatic rings. The highest BCUT2D eigenvalue weighted by Gasteiger charge is 2.22. The Balaban J connectivity index is 1.87. The number of nitrogens with zero attached hydrogens (tertiary/aromatic N) is 1. The van der Waals surface area contributed by atoms with E-state index in [1.54, 1.807) is 7.11 Å². The number of nitrogens with two attached hydrogens (primary N) is 1. The van der Waals surface area contributed by atoms with Crippen molar-refractivity contribution in [3.63, 3.8) is 0 Å². The van der Waals surface area contributed by atoms with Crippen molar-refractivity contribution in [3.05, 3.63) is 24.3 Å². The molecule has 1 unspecified atom stereocenters. The van der Waals surface area contributed by atoms with Crippen LogP contribution in [0.5, 0.6) is 5.75 Å². The van der Waals surface area contributed by atoms with Crippen molar-refractivity contribution in [1.29, 1.82) is 0 Å². The van der Waals surface area contributed by atoms with E-state index in [1.807, 2.05) is 24.3 Å². The molecule has 110 valence electrons. The first-order valence-electron chi connectivity index (χ1n) is 7.11. The lowest BCUT2D eigenvalue weighted by molar-refractivity contribution is -0.118. The number of hydrogen-bond acceptors (Lipinski definition) is 4. The standard InChI is InChI=1S/C15H23N3O2/c1-20-14-7-5-12(6-8-14)17-15(19)11-18-9-3-2-4-13(18)10-16/h5-8,13H,2-4,9-11,16H2,1H3,(H,17,19). The Kier molecular flexibility index (Phi) is 5.38. The molecule has 0 spiro atoms. The molecule has 1 aliphatic heterocycles. The minimum atomic E-state index is 0.00974. The van der Waals surface area contributed by atoms with Gasteiger partial charge in [0.05, 0.1) is 13.7 Å². The Morgan fingerprint density at radius 1 is 1.40 bits per heavy atom. The van der Waals surface area contributed by atoms with Crippen LogP contribution >= 0.6 is 0 Å². The Morgan fingerprint density at radius 3 is 2.80 bits per heavy atom. The van der Waals surface area contributed by atoms with Crippen LogP contribution in [0.25, 0.3) is 0 Å². The zero-order valence-electron chi connectivity index (χ0n) is 12.0. The van der Waals surface area contributed by atoms with Crippen molar-refractivity contribution >= 4 is 11.6 Å². The van der Waals surface area contributed by atoms with Gasteiger partial charge < -0.3 is 15.8 Å². The number of ether oxygens (including phenoxy) is 1. The number of methoxy groups -OCH3 is 1. The van der Waals surface area contributed by atoms with E-state index >= 15 is 0 Å². The third kappa shape index (κ3) is 3.95. The van der Waals surface area contributed by atoms with Crippen LogP contribution in [-0.4, -0.2) is 43.6 Å². The lowest BCUT2D eigenvalue weighted by Crippen LogP contribution is -2.47. The third-order valence-electron chi connectivity index (χ3n) is 3.74. The fraction of sp³-hybridized carbons (Fsp3) is 0.533. The molecule has 5 heteroatoms. The summed E-state index contributed by atoms with van der Waals surface area (Å²) in [5, 5.41) is 2.91. The van der Waals surface area contributed by atoms with Gasteiger partial charge in [-0.2, -0.15) is 0 Å². The van der Waals surface area contributed by atoms with Gasteiger partial charge in [-0.25, -0.2) is 0 Å². The van der Waals surface area contributed by atoms with Crippen LogP contribution in [0.3, 0.4) is 0 Å². The van der Waals surface area contributed by atoms with E-state index in [1.165, 1.54) is 6.42 Å². The fourth-order valence-electron chi connectivity index (χ4n) is 2.59. The zero-order valence-corrected chi connectivity index (χ0v) is 12.0. The van der Waals surface area contributed by atoms with E-state index in [2.05, 4.69) is 10.2 Å². The largest absolute Gasteiger partial charge is 0.497 e. The lowest BCUT2D eigenvalue weighted by Gasteiger charge is -2.34. The first kappa shape index (κ1) is 14.8. The summed E-state index contributed by atoms with van der Waals surface area (Å²) in [4.78, 5) is 14.3. The second kappa shape index (κ2) is 7.26. The molecule has 1 aromatic carbocycles. The van der Waals surface area contributed by atoms with Crippen LogP contribution in [-0.2, 0) is 4.79 Å². The molecule has 0 radical (unpaired) electrons. The molecule has 1 heterocycles. The summed E-state index contributed by atoms with van der Waals surface area (Å²) in [6, 6.07) is 7.68. The van der Waals surface area contributed by atoms with Gasteiger partial charge in [0.1, 0.15) is 5.75 Å². The maximum absolute atomic E-state index is 12.1. The highest BCUT2D eigenvalue weighted by Crippen LogP contribution is 2.17. The van der Waals surface area contributed by atoms with Gasteiger partial charge in [0.15, 0.2) is 0 Å². The molecule has 0 bridgehead atoms. The Bertz CT molecular complexity index is 433. The van der Waals surface area contributed by atoms with Crippen LogP contribution in [0.2, 0.25) is 0 Å². The number of nitrogens with one attached hydrogen (secondary N) is 1. The summed E-state index contributed by atoms with van der Waals surface area (Å²) >= 11 is 0. The van der Waals surface area contributed by atoms with Gasteiger partial charge in [-0.05, 0) is 43.7 Å². The van der Waals surface area contributed by atoms with Crippen LogP contribution in [0.4, 0.5) is 5.69 Å². The molecule has 1 saturated heterocycles. The van der Waals surface area contributed by atoms with Crippen LogP contribution < -0.4 is 15.8 Å². The summed E-state index contributed by atoms with van der Waals surface area (Å²) < 4.78 is 5.09. The Hall–Kier alpha value is -1.59. The van der Waals surface area contributed by atoms with Gasteiger partial charge >= 0.3 is 0 Å². The molecule has 0 saturated carbocycles. The molecule has 0 aromatic heterocycles. The van der Waals surface area contributed by atoms with Gasteiger partial charge in [0.25, 0.3) is 0 Å². The van der Waals surface area contributed by atoms with Crippen molar-refractivity contribution in [3.8, 4) is 5.75 Å². The van der Waals surface area contributed by atoms with E-state index in [4.69, 9.17) is 10.5 Å². The number of carbonyl (C=O) groups is 1. The number of hydrogen-bond donors (Lipinski definition) is 2. The number of likely N-dealkylation sites (tertiary alicyclic amines) is 1. The molecule has 0 aliphatic carbocycles. The molecule has 1 fully saturated rings. The van der Waals surface area contributed by atoms with Gasteiger partial charge in [0, 0.05) is 18.3 Å². The maximum atomic E-state index is 12.1. The molecule has 1 amide bonds. The van der Waals surface area contributed by atoms with E-state index in [0.29, 0.717) is 19.1 Å². The summed E-state index contributed by atoms with van der Waals surface area (Å²) in [5.41, 5.74) is 6.56.